The number of aromatic nitrogens is 2. The van der Waals surface area contributed by atoms with Crippen LogP contribution in [0, 0.1) is 6.92 Å². The van der Waals surface area contributed by atoms with Gasteiger partial charge in [-0.3, -0.25) is 0 Å². The van der Waals surface area contributed by atoms with E-state index in [9.17, 15) is 5.11 Å². The van der Waals surface area contributed by atoms with Gasteiger partial charge in [0.2, 0.25) is 0 Å². The zero-order valence-electron chi connectivity index (χ0n) is 14.9. The third-order valence-corrected chi connectivity index (χ3v) is 4.30. The monoisotopic (exact) mass is 327 g/mol. The number of benzene rings is 1. The predicted octanol–water partition coefficient (Wildman–Crippen LogP) is 3.85. The van der Waals surface area contributed by atoms with E-state index in [1.54, 1.807) is 0 Å². The highest BCUT2D eigenvalue weighted by atomic mass is 16.5. The van der Waals surface area contributed by atoms with Gasteiger partial charge in [0.25, 0.3) is 0 Å². The van der Waals surface area contributed by atoms with Gasteiger partial charge in [-0.2, -0.15) is 0 Å². The van der Waals surface area contributed by atoms with Gasteiger partial charge in [0.05, 0.1) is 23.1 Å². The number of likely N-dealkylation sites (N-methyl/N-ethyl adjacent to an activating group) is 1. The summed E-state index contributed by atoms with van der Waals surface area (Å²) in [5, 5.41) is 16.1. The van der Waals surface area contributed by atoms with E-state index in [2.05, 4.69) is 24.0 Å². The van der Waals surface area contributed by atoms with Gasteiger partial charge < -0.3 is 19.5 Å². The van der Waals surface area contributed by atoms with Gasteiger partial charge in [0, 0.05) is 23.0 Å². The Morgan fingerprint density at radius 1 is 1.25 bits per heavy atom. The zero-order valence-corrected chi connectivity index (χ0v) is 14.9. The number of nitrogens with zero attached hydrogens (tertiary/aromatic N) is 2. The number of hydrogen-bond acceptors (Lipinski definition) is 4. The Hall–Kier alpha value is -2.11. The van der Waals surface area contributed by atoms with E-state index >= 15 is 0 Å². The van der Waals surface area contributed by atoms with Crippen molar-refractivity contribution in [3.05, 3.63) is 41.3 Å². The highest BCUT2D eigenvalue weighted by Crippen LogP contribution is 2.39. The molecule has 2 N–H and O–H groups in total. The maximum absolute atomic E-state index is 10.9. The Bertz CT molecular complexity index is 846. The Kier molecular flexibility index (Phi) is 4.47. The number of H-pyrrole nitrogens is 1. The molecule has 5 heteroatoms. The smallest absolute Gasteiger partial charge is 0.143 e. The van der Waals surface area contributed by atoms with E-state index in [1.807, 2.05) is 50.2 Å². The Balaban J connectivity index is 2.27. The fourth-order valence-corrected chi connectivity index (χ4v) is 3.23. The average Bonchev–Trinajstić information content (AvgIpc) is 3.06. The third kappa shape index (κ3) is 2.85. The van der Waals surface area contributed by atoms with Gasteiger partial charge in [-0.25, -0.2) is 0 Å². The van der Waals surface area contributed by atoms with Crippen molar-refractivity contribution in [1.82, 2.24) is 15.0 Å². The van der Waals surface area contributed by atoms with Gasteiger partial charge in [-0.05, 0) is 33.0 Å². The van der Waals surface area contributed by atoms with Gasteiger partial charge >= 0.3 is 0 Å². The van der Waals surface area contributed by atoms with Gasteiger partial charge in [-0.1, -0.05) is 37.2 Å². The topological polar surface area (TPSA) is 65.3 Å². The summed E-state index contributed by atoms with van der Waals surface area (Å²) >= 11 is 0. The molecule has 0 amide bonds. The minimum atomic E-state index is -0.597. The molecule has 2 aromatic heterocycles. The molecular weight excluding hydrogens is 302 g/mol. The molecule has 0 bridgehead atoms. The summed E-state index contributed by atoms with van der Waals surface area (Å²) in [6, 6.07) is 8.06. The minimum Gasteiger partial charge on any atom is -0.387 e. The Labute approximate surface area is 142 Å². The first kappa shape index (κ1) is 16.7. The molecule has 1 aromatic carbocycles. The number of hydrogen-bond donors (Lipinski definition) is 2. The number of para-hydroxylation sites is 1. The quantitative estimate of drug-likeness (QED) is 0.747. The van der Waals surface area contributed by atoms with Crippen molar-refractivity contribution in [2.45, 2.75) is 32.8 Å². The first-order valence-electron chi connectivity index (χ1n) is 8.30. The number of aromatic amines is 1. The summed E-state index contributed by atoms with van der Waals surface area (Å²) in [4.78, 5) is 5.46. The van der Waals surface area contributed by atoms with Crippen LogP contribution in [0.3, 0.4) is 0 Å². The van der Waals surface area contributed by atoms with Crippen molar-refractivity contribution in [3.63, 3.8) is 0 Å². The zero-order chi connectivity index (χ0) is 17.4. The predicted molar refractivity (Wildman–Crippen MR) is 96.1 cm³/mol. The molecule has 0 aliphatic heterocycles. The second kappa shape index (κ2) is 6.42. The van der Waals surface area contributed by atoms with Crippen molar-refractivity contribution >= 4 is 10.9 Å². The van der Waals surface area contributed by atoms with Crippen molar-refractivity contribution in [2.75, 3.05) is 20.6 Å². The number of rotatable bonds is 5. The molecule has 128 valence electrons. The van der Waals surface area contributed by atoms with Crippen molar-refractivity contribution in [3.8, 4) is 11.3 Å². The van der Waals surface area contributed by atoms with E-state index in [1.165, 1.54) is 0 Å². The van der Waals surface area contributed by atoms with E-state index in [4.69, 9.17) is 4.52 Å². The van der Waals surface area contributed by atoms with Crippen LogP contribution >= 0.6 is 0 Å². The summed E-state index contributed by atoms with van der Waals surface area (Å²) in [5.41, 5.74) is 4.71. The van der Waals surface area contributed by atoms with Crippen LogP contribution in [0.2, 0.25) is 0 Å². The first-order valence-corrected chi connectivity index (χ1v) is 8.30. The summed E-state index contributed by atoms with van der Waals surface area (Å²) in [6.07, 6.45) is -0.597. The number of aryl methyl sites for hydroxylation is 1. The molecule has 0 fully saturated rings. The molecule has 1 unspecified atom stereocenters. The summed E-state index contributed by atoms with van der Waals surface area (Å²) in [7, 11) is 3.92. The molecule has 24 heavy (non-hydrogen) atoms. The Morgan fingerprint density at radius 2 is 1.96 bits per heavy atom. The van der Waals surface area contributed by atoms with Crippen LogP contribution in [0.15, 0.2) is 28.8 Å². The molecule has 1 atom stereocenters. The molecule has 5 nitrogen and oxygen atoms in total. The molecular formula is C19H25N3O2. The molecule has 0 aliphatic carbocycles. The van der Waals surface area contributed by atoms with Crippen LogP contribution in [0.5, 0.6) is 0 Å². The first-order chi connectivity index (χ1) is 11.4. The molecule has 3 rings (SSSR count). The van der Waals surface area contributed by atoms with Crippen LogP contribution in [-0.4, -0.2) is 40.8 Å². The average molecular weight is 327 g/mol. The van der Waals surface area contributed by atoms with Crippen LogP contribution in [0.4, 0.5) is 0 Å². The highest BCUT2D eigenvalue weighted by Gasteiger charge is 2.26. The fraction of sp³-hybridized carbons (Fsp3) is 0.421. The maximum Gasteiger partial charge on any atom is 0.143 e. The number of aliphatic hydroxyl groups excluding tert-OH is 1. The van der Waals surface area contributed by atoms with Crippen molar-refractivity contribution in [2.24, 2.45) is 0 Å². The normalized spacial score (nSPS) is 13.3. The van der Waals surface area contributed by atoms with Gasteiger partial charge in [0.15, 0.2) is 0 Å². The van der Waals surface area contributed by atoms with Crippen molar-refractivity contribution in [1.29, 1.82) is 0 Å². The highest BCUT2D eigenvalue weighted by molar-refractivity contribution is 5.92. The maximum atomic E-state index is 10.9. The molecule has 3 aromatic rings. The molecule has 0 saturated heterocycles. The third-order valence-electron chi connectivity index (χ3n) is 4.30. The standard InChI is InChI=1S/C19H25N3O2/c1-11(2)18-16(12(3)24-21-18)19-17(15(23)10-22(4)5)13-8-6-7-9-14(13)20-19/h6-9,11,15,20,23H,10H2,1-5H3. The lowest BCUT2D eigenvalue weighted by molar-refractivity contribution is 0.140. The Morgan fingerprint density at radius 3 is 2.62 bits per heavy atom. The molecule has 2 heterocycles. The van der Waals surface area contributed by atoms with Crippen LogP contribution < -0.4 is 0 Å². The van der Waals surface area contributed by atoms with E-state index in [0.29, 0.717) is 6.54 Å². The van der Waals surface area contributed by atoms with E-state index in [-0.39, 0.29) is 5.92 Å². The second-order valence-corrected chi connectivity index (χ2v) is 6.89. The van der Waals surface area contributed by atoms with Crippen LogP contribution in [0.1, 0.15) is 42.9 Å². The number of aliphatic hydroxyl groups is 1. The largest absolute Gasteiger partial charge is 0.387 e. The molecule has 0 spiro atoms. The molecule has 0 radical (unpaired) electrons. The summed E-state index contributed by atoms with van der Waals surface area (Å²) in [6.45, 7) is 6.66. The number of nitrogens with one attached hydrogen (secondary N) is 1. The second-order valence-electron chi connectivity index (χ2n) is 6.89. The lowest BCUT2D eigenvalue weighted by atomic mass is 9.96. The fourth-order valence-electron chi connectivity index (χ4n) is 3.23. The van der Waals surface area contributed by atoms with Crippen LogP contribution in [0.25, 0.3) is 22.2 Å². The summed E-state index contributed by atoms with van der Waals surface area (Å²) < 4.78 is 5.46. The molecule has 0 saturated carbocycles. The lowest BCUT2D eigenvalue weighted by Crippen LogP contribution is -2.20. The van der Waals surface area contributed by atoms with E-state index in [0.717, 1.165) is 39.2 Å². The lowest BCUT2D eigenvalue weighted by Gasteiger charge is -2.17. The molecule has 0 aliphatic rings. The summed E-state index contributed by atoms with van der Waals surface area (Å²) in [5.74, 6) is 1.01. The SMILES string of the molecule is Cc1onc(C(C)C)c1-c1[nH]c2ccccc2c1C(O)CN(C)C. The number of fused-ring (bicyclic) bond motifs is 1. The van der Waals surface area contributed by atoms with E-state index < -0.39 is 6.10 Å². The van der Waals surface area contributed by atoms with Gasteiger partial charge in [0.1, 0.15) is 5.76 Å². The van der Waals surface area contributed by atoms with Crippen molar-refractivity contribution < 1.29 is 9.63 Å². The minimum absolute atomic E-state index is 0.239. The van der Waals surface area contributed by atoms with Crippen LogP contribution in [-0.2, 0) is 0 Å². The van der Waals surface area contributed by atoms with Gasteiger partial charge in [-0.15, -0.1) is 0 Å².